The van der Waals surface area contributed by atoms with Gasteiger partial charge in [-0.25, -0.2) is 19.9 Å². The molecule has 2 aromatic heterocycles. The number of anilines is 2. The van der Waals surface area contributed by atoms with Gasteiger partial charge in [0.05, 0.1) is 11.7 Å². The summed E-state index contributed by atoms with van der Waals surface area (Å²) in [6.07, 6.45) is 7.03. The van der Waals surface area contributed by atoms with Gasteiger partial charge in [0.2, 0.25) is 5.95 Å². The van der Waals surface area contributed by atoms with Crippen LogP contribution < -0.4 is 9.80 Å². The molecule has 6 nitrogen and oxygen atoms in total. The predicted molar refractivity (Wildman–Crippen MR) is 87.1 cm³/mol. The lowest BCUT2D eigenvalue weighted by molar-refractivity contribution is 0.456. The van der Waals surface area contributed by atoms with Crippen molar-refractivity contribution in [2.24, 2.45) is 0 Å². The normalized spacial score (nSPS) is 18.3. The smallest absolute Gasteiger partial charge is 0.225 e. The fourth-order valence-corrected chi connectivity index (χ4v) is 2.89. The number of hydrogen-bond acceptors (Lipinski definition) is 6. The van der Waals surface area contributed by atoms with E-state index in [2.05, 4.69) is 30.9 Å². The van der Waals surface area contributed by atoms with E-state index in [-0.39, 0.29) is 6.04 Å². The fraction of sp³-hybridized carbons (Fsp3) is 0.500. The van der Waals surface area contributed by atoms with Gasteiger partial charge in [-0.05, 0) is 32.3 Å². The van der Waals surface area contributed by atoms with Crippen molar-refractivity contribution in [1.29, 1.82) is 0 Å². The quantitative estimate of drug-likeness (QED) is 0.867. The first-order valence-corrected chi connectivity index (χ1v) is 7.72. The van der Waals surface area contributed by atoms with Crippen LogP contribution in [0.5, 0.6) is 0 Å². The maximum atomic E-state index is 4.68. The van der Waals surface area contributed by atoms with Crippen LogP contribution in [0.2, 0.25) is 0 Å². The minimum Gasteiger partial charge on any atom is -0.363 e. The molecule has 1 fully saturated rings. The molecule has 6 heteroatoms. The summed E-state index contributed by atoms with van der Waals surface area (Å²) in [5.41, 5.74) is 1.06. The summed E-state index contributed by atoms with van der Waals surface area (Å²) in [5.74, 6) is 2.54. The van der Waals surface area contributed by atoms with Crippen molar-refractivity contribution in [1.82, 2.24) is 19.9 Å². The Hall–Kier alpha value is -2.24. The third kappa shape index (κ3) is 3.00. The maximum absolute atomic E-state index is 4.68. The molecule has 0 aliphatic carbocycles. The van der Waals surface area contributed by atoms with Crippen LogP contribution in [0.4, 0.5) is 11.8 Å². The van der Waals surface area contributed by atoms with Crippen molar-refractivity contribution < 1.29 is 0 Å². The second-order valence-electron chi connectivity index (χ2n) is 5.85. The highest BCUT2D eigenvalue weighted by Gasteiger charge is 2.27. The van der Waals surface area contributed by atoms with Gasteiger partial charge in [-0.3, -0.25) is 0 Å². The standard InChI is InChI=1S/C16H22N6/c1-12-19-13(11-15(20-12)21(2)3)14-7-4-5-10-22(14)16-17-8-6-9-18-16/h6,8-9,11,14H,4-5,7,10H2,1-3H3. The Labute approximate surface area is 131 Å². The van der Waals surface area contributed by atoms with E-state index in [1.807, 2.05) is 32.0 Å². The van der Waals surface area contributed by atoms with Crippen LogP contribution in [-0.4, -0.2) is 40.6 Å². The monoisotopic (exact) mass is 298 g/mol. The van der Waals surface area contributed by atoms with Gasteiger partial charge in [-0.15, -0.1) is 0 Å². The number of aromatic nitrogens is 4. The highest BCUT2D eigenvalue weighted by Crippen LogP contribution is 2.33. The van der Waals surface area contributed by atoms with Gasteiger partial charge < -0.3 is 9.80 Å². The van der Waals surface area contributed by atoms with E-state index in [0.29, 0.717) is 0 Å². The second kappa shape index (κ2) is 6.25. The van der Waals surface area contributed by atoms with Crippen molar-refractivity contribution in [2.75, 3.05) is 30.4 Å². The molecule has 0 amide bonds. The number of nitrogens with zero attached hydrogens (tertiary/aromatic N) is 6. The third-order valence-corrected chi connectivity index (χ3v) is 3.96. The van der Waals surface area contributed by atoms with Gasteiger partial charge in [-0.1, -0.05) is 0 Å². The highest BCUT2D eigenvalue weighted by molar-refractivity contribution is 5.42. The number of rotatable bonds is 3. The lowest BCUT2D eigenvalue weighted by Gasteiger charge is -2.35. The van der Waals surface area contributed by atoms with Crippen molar-refractivity contribution in [3.8, 4) is 0 Å². The summed E-state index contributed by atoms with van der Waals surface area (Å²) in [7, 11) is 4.01. The molecule has 116 valence electrons. The predicted octanol–water partition coefficient (Wildman–Crippen LogP) is 2.37. The molecular weight excluding hydrogens is 276 g/mol. The van der Waals surface area contributed by atoms with Crippen LogP contribution >= 0.6 is 0 Å². The molecule has 1 aliphatic heterocycles. The molecule has 3 rings (SSSR count). The van der Waals surface area contributed by atoms with Crippen LogP contribution in [0.25, 0.3) is 0 Å². The van der Waals surface area contributed by atoms with Gasteiger partial charge in [0.1, 0.15) is 11.6 Å². The zero-order valence-corrected chi connectivity index (χ0v) is 13.4. The summed E-state index contributed by atoms with van der Waals surface area (Å²) in [4.78, 5) is 22.3. The Morgan fingerprint density at radius 3 is 2.64 bits per heavy atom. The summed E-state index contributed by atoms with van der Waals surface area (Å²) in [5, 5.41) is 0. The molecule has 22 heavy (non-hydrogen) atoms. The molecule has 0 radical (unpaired) electrons. The topological polar surface area (TPSA) is 58.0 Å². The van der Waals surface area contributed by atoms with E-state index in [1.54, 1.807) is 12.4 Å². The summed E-state index contributed by atoms with van der Waals surface area (Å²) in [6.45, 7) is 2.91. The Balaban J connectivity index is 1.97. The molecule has 0 spiro atoms. The van der Waals surface area contributed by atoms with E-state index in [0.717, 1.165) is 36.3 Å². The van der Waals surface area contributed by atoms with Gasteiger partial charge in [0.15, 0.2) is 0 Å². The van der Waals surface area contributed by atoms with Crippen molar-refractivity contribution in [3.63, 3.8) is 0 Å². The number of aryl methyl sites for hydroxylation is 1. The summed E-state index contributed by atoms with van der Waals surface area (Å²) < 4.78 is 0. The Morgan fingerprint density at radius 2 is 1.91 bits per heavy atom. The largest absolute Gasteiger partial charge is 0.363 e. The average molecular weight is 298 g/mol. The lowest BCUT2D eigenvalue weighted by atomic mass is 9.99. The van der Waals surface area contributed by atoms with Gasteiger partial charge in [0.25, 0.3) is 0 Å². The van der Waals surface area contributed by atoms with E-state index in [9.17, 15) is 0 Å². The Kier molecular flexibility index (Phi) is 4.18. The number of hydrogen-bond donors (Lipinski definition) is 0. The lowest BCUT2D eigenvalue weighted by Crippen LogP contribution is -2.35. The molecule has 1 unspecified atom stereocenters. The molecule has 0 aromatic carbocycles. The van der Waals surface area contributed by atoms with Crippen LogP contribution in [0, 0.1) is 6.92 Å². The molecule has 0 N–H and O–H groups in total. The van der Waals surface area contributed by atoms with Crippen molar-refractivity contribution >= 4 is 11.8 Å². The molecule has 0 saturated carbocycles. The van der Waals surface area contributed by atoms with Crippen LogP contribution in [0.15, 0.2) is 24.5 Å². The minimum absolute atomic E-state index is 0.219. The van der Waals surface area contributed by atoms with Crippen molar-refractivity contribution in [2.45, 2.75) is 32.2 Å². The molecule has 1 saturated heterocycles. The molecular formula is C16H22N6. The molecule has 1 atom stereocenters. The first-order chi connectivity index (χ1) is 10.6. The average Bonchev–Trinajstić information content (AvgIpc) is 2.55. The zero-order chi connectivity index (χ0) is 15.5. The molecule has 2 aromatic rings. The van der Waals surface area contributed by atoms with E-state index in [4.69, 9.17) is 0 Å². The van der Waals surface area contributed by atoms with Gasteiger partial charge in [0, 0.05) is 39.1 Å². The first kappa shape index (κ1) is 14.7. The van der Waals surface area contributed by atoms with Crippen LogP contribution in [-0.2, 0) is 0 Å². The Morgan fingerprint density at radius 1 is 1.14 bits per heavy atom. The zero-order valence-electron chi connectivity index (χ0n) is 13.4. The molecule has 0 bridgehead atoms. The molecule has 3 heterocycles. The van der Waals surface area contributed by atoms with Crippen LogP contribution in [0.3, 0.4) is 0 Å². The van der Waals surface area contributed by atoms with E-state index < -0.39 is 0 Å². The minimum atomic E-state index is 0.219. The third-order valence-electron chi connectivity index (χ3n) is 3.96. The SMILES string of the molecule is Cc1nc(C2CCCCN2c2ncccn2)cc(N(C)C)n1. The van der Waals surface area contributed by atoms with Gasteiger partial charge >= 0.3 is 0 Å². The Bertz CT molecular complexity index is 628. The fourth-order valence-electron chi connectivity index (χ4n) is 2.89. The molecule has 1 aliphatic rings. The van der Waals surface area contributed by atoms with E-state index >= 15 is 0 Å². The van der Waals surface area contributed by atoms with E-state index in [1.165, 1.54) is 12.8 Å². The first-order valence-electron chi connectivity index (χ1n) is 7.72. The highest BCUT2D eigenvalue weighted by atomic mass is 15.3. The van der Waals surface area contributed by atoms with Crippen LogP contribution in [0.1, 0.15) is 36.8 Å². The maximum Gasteiger partial charge on any atom is 0.225 e. The number of piperidine rings is 1. The van der Waals surface area contributed by atoms with Crippen molar-refractivity contribution in [3.05, 3.63) is 36.0 Å². The summed E-state index contributed by atoms with van der Waals surface area (Å²) in [6, 6.07) is 4.15. The van der Waals surface area contributed by atoms with Gasteiger partial charge in [-0.2, -0.15) is 0 Å². The second-order valence-corrected chi connectivity index (χ2v) is 5.85. The summed E-state index contributed by atoms with van der Waals surface area (Å²) >= 11 is 0.